The van der Waals surface area contributed by atoms with Crippen molar-refractivity contribution < 1.29 is 9.53 Å². The van der Waals surface area contributed by atoms with Gasteiger partial charge in [0.1, 0.15) is 18.2 Å². The Morgan fingerprint density at radius 3 is 2.46 bits per heavy atom. The fraction of sp³-hybridized carbons (Fsp3) is 0.105. The summed E-state index contributed by atoms with van der Waals surface area (Å²) < 4.78 is 5.63. The van der Waals surface area contributed by atoms with Crippen molar-refractivity contribution in [3.8, 4) is 17.0 Å². The first-order chi connectivity index (χ1) is 12.6. The number of nitrogens with zero attached hydrogens (tertiary/aromatic N) is 2. The smallest absolute Gasteiger partial charge is 0.248 e. The van der Waals surface area contributed by atoms with Gasteiger partial charge in [-0.25, -0.2) is 4.98 Å². The van der Waals surface area contributed by atoms with Gasteiger partial charge >= 0.3 is 0 Å². The maximum atomic E-state index is 11.2. The molecule has 132 valence electrons. The van der Waals surface area contributed by atoms with E-state index in [1.165, 1.54) is 0 Å². The fourth-order valence-corrected chi connectivity index (χ4v) is 2.37. The second-order valence-electron chi connectivity index (χ2n) is 5.53. The number of nitrogens with two attached hydrogens (primary N) is 2. The van der Waals surface area contributed by atoms with Gasteiger partial charge in [0.05, 0.1) is 12.2 Å². The van der Waals surface area contributed by atoms with E-state index in [4.69, 9.17) is 16.2 Å². The maximum absolute atomic E-state index is 11.2. The maximum Gasteiger partial charge on any atom is 0.248 e. The summed E-state index contributed by atoms with van der Waals surface area (Å²) in [6.07, 6.45) is 0. The molecule has 0 aliphatic rings. The summed E-state index contributed by atoms with van der Waals surface area (Å²) in [7, 11) is 0. The molecule has 3 aromatic rings. The number of amides is 1. The molecule has 0 saturated carbocycles. The van der Waals surface area contributed by atoms with E-state index in [1.54, 1.807) is 30.3 Å². The molecule has 0 unspecified atom stereocenters. The first kappa shape index (κ1) is 17.2. The van der Waals surface area contributed by atoms with E-state index < -0.39 is 5.91 Å². The van der Waals surface area contributed by atoms with Crippen molar-refractivity contribution in [1.82, 2.24) is 9.97 Å². The number of primary amides is 1. The molecule has 0 fully saturated rings. The normalized spacial score (nSPS) is 10.3. The van der Waals surface area contributed by atoms with Crippen molar-refractivity contribution in [2.45, 2.75) is 0 Å². The van der Waals surface area contributed by atoms with Gasteiger partial charge in [-0.15, -0.1) is 0 Å². The van der Waals surface area contributed by atoms with Gasteiger partial charge in [0, 0.05) is 17.2 Å². The van der Waals surface area contributed by atoms with Gasteiger partial charge in [-0.05, 0) is 24.3 Å². The second-order valence-corrected chi connectivity index (χ2v) is 5.53. The molecule has 0 spiro atoms. The van der Waals surface area contributed by atoms with Gasteiger partial charge in [0.15, 0.2) is 0 Å². The number of anilines is 2. The Kier molecular flexibility index (Phi) is 5.28. The summed E-state index contributed by atoms with van der Waals surface area (Å²) in [4.78, 5) is 19.6. The lowest BCUT2D eigenvalue weighted by atomic mass is 10.1. The monoisotopic (exact) mass is 349 g/mol. The van der Waals surface area contributed by atoms with Crippen LogP contribution in [0.5, 0.6) is 5.75 Å². The molecule has 7 heteroatoms. The van der Waals surface area contributed by atoms with Crippen LogP contribution in [0.15, 0.2) is 60.7 Å². The van der Waals surface area contributed by atoms with Crippen molar-refractivity contribution >= 4 is 17.7 Å². The lowest BCUT2D eigenvalue weighted by Crippen LogP contribution is -2.13. The highest BCUT2D eigenvalue weighted by Gasteiger charge is 2.06. The first-order valence-electron chi connectivity index (χ1n) is 8.08. The van der Waals surface area contributed by atoms with Gasteiger partial charge < -0.3 is 21.5 Å². The standard InChI is InChI=1S/C19H19N5O2/c20-18(25)14-8-6-13(7-9-14)16-12-17(24-19(21)23-16)22-10-11-26-15-4-2-1-3-5-15/h1-9,12H,10-11H2,(H2,20,25)(H3,21,22,23,24). The van der Waals surface area contributed by atoms with Crippen LogP contribution in [0.4, 0.5) is 11.8 Å². The largest absolute Gasteiger partial charge is 0.492 e. The van der Waals surface area contributed by atoms with Gasteiger partial charge in [0.2, 0.25) is 11.9 Å². The van der Waals surface area contributed by atoms with Crippen molar-refractivity contribution in [2.24, 2.45) is 5.73 Å². The summed E-state index contributed by atoms with van der Waals surface area (Å²) >= 11 is 0. The quantitative estimate of drug-likeness (QED) is 0.564. The zero-order valence-corrected chi connectivity index (χ0v) is 14.1. The molecule has 7 nitrogen and oxygen atoms in total. The molecule has 0 aliphatic heterocycles. The Hall–Kier alpha value is -3.61. The lowest BCUT2D eigenvalue weighted by Gasteiger charge is -2.10. The molecule has 0 bridgehead atoms. The number of hydrogen-bond acceptors (Lipinski definition) is 6. The minimum Gasteiger partial charge on any atom is -0.492 e. The predicted octanol–water partition coefficient (Wildman–Crippen LogP) is 2.32. The van der Waals surface area contributed by atoms with Crippen LogP contribution in [0.1, 0.15) is 10.4 Å². The molecule has 0 aliphatic carbocycles. The Bertz CT molecular complexity index is 882. The van der Waals surface area contributed by atoms with Crippen LogP contribution < -0.4 is 21.5 Å². The van der Waals surface area contributed by atoms with Crippen LogP contribution in [0.2, 0.25) is 0 Å². The SMILES string of the molecule is NC(=O)c1ccc(-c2cc(NCCOc3ccccc3)nc(N)n2)cc1. The Morgan fingerprint density at radius 2 is 1.77 bits per heavy atom. The molecule has 26 heavy (non-hydrogen) atoms. The number of rotatable bonds is 7. The van der Waals surface area contributed by atoms with E-state index in [-0.39, 0.29) is 5.95 Å². The summed E-state index contributed by atoms with van der Waals surface area (Å²) in [5, 5.41) is 3.17. The van der Waals surface area contributed by atoms with E-state index in [0.717, 1.165) is 11.3 Å². The summed E-state index contributed by atoms with van der Waals surface area (Å²) in [5.74, 6) is 1.10. The number of carbonyl (C=O) groups excluding carboxylic acids is 1. The molecule has 0 atom stereocenters. The van der Waals surface area contributed by atoms with E-state index in [9.17, 15) is 4.79 Å². The Balaban J connectivity index is 1.64. The zero-order chi connectivity index (χ0) is 18.4. The molecule has 1 aromatic heterocycles. The minimum absolute atomic E-state index is 0.160. The van der Waals surface area contributed by atoms with Crippen LogP contribution >= 0.6 is 0 Å². The third-order valence-electron chi connectivity index (χ3n) is 3.63. The van der Waals surface area contributed by atoms with Crippen LogP contribution in [-0.2, 0) is 0 Å². The average Bonchev–Trinajstić information content (AvgIpc) is 2.66. The van der Waals surface area contributed by atoms with Gasteiger partial charge in [0.25, 0.3) is 0 Å². The number of hydrogen-bond donors (Lipinski definition) is 3. The van der Waals surface area contributed by atoms with Crippen LogP contribution in [0.25, 0.3) is 11.3 Å². The third-order valence-corrected chi connectivity index (χ3v) is 3.63. The molecule has 2 aromatic carbocycles. The highest BCUT2D eigenvalue weighted by Crippen LogP contribution is 2.21. The van der Waals surface area contributed by atoms with E-state index in [0.29, 0.717) is 30.2 Å². The minimum atomic E-state index is -0.473. The molecule has 5 N–H and O–H groups in total. The van der Waals surface area contributed by atoms with Crippen molar-refractivity contribution in [2.75, 3.05) is 24.2 Å². The van der Waals surface area contributed by atoms with E-state index >= 15 is 0 Å². The van der Waals surface area contributed by atoms with E-state index in [1.807, 2.05) is 30.3 Å². The van der Waals surface area contributed by atoms with Gasteiger partial charge in [-0.3, -0.25) is 4.79 Å². The highest BCUT2D eigenvalue weighted by atomic mass is 16.5. The lowest BCUT2D eigenvalue weighted by molar-refractivity contribution is 0.100. The molecule has 0 radical (unpaired) electrons. The number of nitrogen functional groups attached to an aromatic ring is 1. The topological polar surface area (TPSA) is 116 Å². The zero-order valence-electron chi connectivity index (χ0n) is 14.1. The number of ether oxygens (including phenoxy) is 1. The number of benzene rings is 2. The second kappa shape index (κ2) is 7.98. The number of para-hydroxylation sites is 1. The molecule has 3 rings (SSSR count). The Labute approximate surface area is 151 Å². The summed E-state index contributed by atoms with van der Waals surface area (Å²) in [6, 6.07) is 18.2. The molecular formula is C19H19N5O2. The van der Waals surface area contributed by atoms with Crippen LogP contribution in [0.3, 0.4) is 0 Å². The summed E-state index contributed by atoms with van der Waals surface area (Å²) in [5.41, 5.74) is 13.0. The molecule has 0 saturated heterocycles. The predicted molar refractivity (Wildman–Crippen MR) is 101 cm³/mol. The molecule has 1 heterocycles. The highest BCUT2D eigenvalue weighted by molar-refractivity contribution is 5.93. The number of nitrogens with one attached hydrogen (secondary N) is 1. The third kappa shape index (κ3) is 4.47. The van der Waals surface area contributed by atoms with Crippen molar-refractivity contribution in [3.05, 3.63) is 66.2 Å². The number of carbonyl (C=O) groups is 1. The van der Waals surface area contributed by atoms with Crippen LogP contribution in [0, 0.1) is 0 Å². The number of aromatic nitrogens is 2. The van der Waals surface area contributed by atoms with Crippen molar-refractivity contribution in [3.63, 3.8) is 0 Å². The molecule has 1 amide bonds. The van der Waals surface area contributed by atoms with E-state index in [2.05, 4.69) is 15.3 Å². The average molecular weight is 349 g/mol. The molecular weight excluding hydrogens is 330 g/mol. The van der Waals surface area contributed by atoms with Gasteiger partial charge in [-0.2, -0.15) is 4.98 Å². The van der Waals surface area contributed by atoms with Crippen LogP contribution in [-0.4, -0.2) is 29.0 Å². The summed E-state index contributed by atoms with van der Waals surface area (Å²) in [6.45, 7) is 1.04. The van der Waals surface area contributed by atoms with Gasteiger partial charge in [-0.1, -0.05) is 30.3 Å². The Morgan fingerprint density at radius 1 is 1.04 bits per heavy atom. The fourth-order valence-electron chi connectivity index (χ4n) is 2.37. The first-order valence-corrected chi connectivity index (χ1v) is 8.08. The van der Waals surface area contributed by atoms with Crippen molar-refractivity contribution in [1.29, 1.82) is 0 Å².